The zero-order valence-corrected chi connectivity index (χ0v) is 10.3. The zero-order chi connectivity index (χ0) is 12.7. The molecular formula is C12H19N3O3. The summed E-state index contributed by atoms with van der Waals surface area (Å²) in [6, 6.07) is -1.11. The van der Waals surface area contributed by atoms with Crippen molar-refractivity contribution in [3.8, 4) is 0 Å². The molecule has 6 heteroatoms. The summed E-state index contributed by atoms with van der Waals surface area (Å²) in [7, 11) is 0. The van der Waals surface area contributed by atoms with E-state index in [-0.39, 0.29) is 24.5 Å². The maximum atomic E-state index is 12.0. The second kappa shape index (κ2) is 4.51. The van der Waals surface area contributed by atoms with Gasteiger partial charge in [-0.3, -0.25) is 14.5 Å². The molecule has 0 aromatic heterocycles. The monoisotopic (exact) mass is 253 g/mol. The molecular weight excluding hydrogens is 234 g/mol. The first-order valence-corrected chi connectivity index (χ1v) is 6.63. The fraction of sp³-hybridized carbons (Fsp3) is 0.833. The van der Waals surface area contributed by atoms with Gasteiger partial charge in [0.05, 0.1) is 6.61 Å². The Balaban J connectivity index is 1.67. The minimum Gasteiger partial charge on any atom is -0.394 e. The maximum Gasteiger partial charge on any atom is 0.248 e. The number of nitrogens with one attached hydrogen (secondary N) is 1. The molecule has 2 aliphatic heterocycles. The average molecular weight is 253 g/mol. The summed E-state index contributed by atoms with van der Waals surface area (Å²) < 4.78 is 0. The Labute approximate surface area is 106 Å². The lowest BCUT2D eigenvalue weighted by atomic mass is 10.0. The fourth-order valence-corrected chi connectivity index (χ4v) is 2.81. The first kappa shape index (κ1) is 11.9. The number of aliphatic hydroxyl groups is 1. The predicted octanol–water partition coefficient (Wildman–Crippen LogP) is -1.60. The number of amides is 2. The Morgan fingerprint density at radius 1 is 1.28 bits per heavy atom. The van der Waals surface area contributed by atoms with Gasteiger partial charge in [-0.25, -0.2) is 0 Å². The number of rotatable bonds is 3. The average Bonchev–Trinajstić information content (AvgIpc) is 3.17. The molecule has 0 bridgehead atoms. The number of carbonyl (C=O) groups is 2. The SMILES string of the molecule is O=C1N[C@@H](CO)C(=O)N2CCN(CC3CC3)C[C@H]12. The Bertz CT molecular complexity index is 370. The number of fused-ring (bicyclic) bond motifs is 1. The van der Waals surface area contributed by atoms with E-state index in [4.69, 9.17) is 5.11 Å². The van der Waals surface area contributed by atoms with Crippen LogP contribution in [0.5, 0.6) is 0 Å². The van der Waals surface area contributed by atoms with E-state index < -0.39 is 6.04 Å². The van der Waals surface area contributed by atoms with Gasteiger partial charge in [0.25, 0.3) is 0 Å². The van der Waals surface area contributed by atoms with Crippen LogP contribution in [0, 0.1) is 5.92 Å². The highest BCUT2D eigenvalue weighted by atomic mass is 16.3. The van der Waals surface area contributed by atoms with Gasteiger partial charge in [0.15, 0.2) is 0 Å². The van der Waals surface area contributed by atoms with Crippen molar-refractivity contribution in [3.63, 3.8) is 0 Å². The minimum atomic E-state index is -0.747. The minimum absolute atomic E-state index is 0.130. The number of hydrogen-bond donors (Lipinski definition) is 2. The third-order valence-corrected chi connectivity index (χ3v) is 4.06. The van der Waals surface area contributed by atoms with E-state index in [0.717, 1.165) is 19.0 Å². The number of hydrogen-bond acceptors (Lipinski definition) is 4. The van der Waals surface area contributed by atoms with Gasteiger partial charge in [-0.2, -0.15) is 0 Å². The largest absolute Gasteiger partial charge is 0.394 e. The van der Waals surface area contributed by atoms with Crippen molar-refractivity contribution in [2.45, 2.75) is 24.9 Å². The lowest BCUT2D eigenvalue weighted by molar-refractivity contribution is -0.154. The molecule has 1 aliphatic carbocycles. The molecule has 2 heterocycles. The van der Waals surface area contributed by atoms with E-state index in [1.165, 1.54) is 12.8 Å². The molecule has 1 saturated carbocycles. The Morgan fingerprint density at radius 3 is 2.72 bits per heavy atom. The van der Waals surface area contributed by atoms with Gasteiger partial charge < -0.3 is 15.3 Å². The van der Waals surface area contributed by atoms with Crippen LogP contribution in [-0.4, -0.2) is 71.6 Å². The molecule has 3 rings (SSSR count). The van der Waals surface area contributed by atoms with Crippen molar-refractivity contribution in [1.82, 2.24) is 15.1 Å². The number of carbonyl (C=O) groups excluding carboxylic acids is 2. The Morgan fingerprint density at radius 2 is 2.06 bits per heavy atom. The quantitative estimate of drug-likeness (QED) is 0.635. The van der Waals surface area contributed by atoms with Crippen molar-refractivity contribution in [3.05, 3.63) is 0 Å². The van der Waals surface area contributed by atoms with Crippen LogP contribution in [0.15, 0.2) is 0 Å². The second-order valence-corrected chi connectivity index (χ2v) is 5.49. The molecule has 100 valence electrons. The molecule has 3 aliphatic rings. The van der Waals surface area contributed by atoms with Gasteiger partial charge in [0.1, 0.15) is 12.1 Å². The second-order valence-electron chi connectivity index (χ2n) is 5.49. The smallest absolute Gasteiger partial charge is 0.248 e. The molecule has 0 unspecified atom stereocenters. The normalized spacial score (nSPS) is 33.3. The lowest BCUT2D eigenvalue weighted by Crippen LogP contribution is -2.69. The van der Waals surface area contributed by atoms with Crippen LogP contribution in [0.25, 0.3) is 0 Å². The highest BCUT2D eigenvalue weighted by Crippen LogP contribution is 2.30. The number of piperazine rings is 2. The van der Waals surface area contributed by atoms with Crippen molar-refractivity contribution in [1.29, 1.82) is 0 Å². The van der Waals surface area contributed by atoms with E-state index >= 15 is 0 Å². The molecule has 6 nitrogen and oxygen atoms in total. The van der Waals surface area contributed by atoms with Gasteiger partial charge in [-0.1, -0.05) is 0 Å². The standard InChI is InChI=1S/C12H19N3O3/c16-7-9-12(18)15-4-3-14(5-8-1-2-8)6-10(15)11(17)13-9/h8-10,16H,1-7H2,(H,13,17)/t9-,10+/m0/s1. The van der Waals surface area contributed by atoms with E-state index in [9.17, 15) is 9.59 Å². The number of nitrogens with zero attached hydrogens (tertiary/aromatic N) is 2. The molecule has 2 N–H and O–H groups in total. The van der Waals surface area contributed by atoms with Gasteiger partial charge in [0, 0.05) is 26.2 Å². The predicted molar refractivity (Wildman–Crippen MR) is 63.7 cm³/mol. The van der Waals surface area contributed by atoms with Crippen LogP contribution in [-0.2, 0) is 9.59 Å². The van der Waals surface area contributed by atoms with Crippen LogP contribution < -0.4 is 5.32 Å². The van der Waals surface area contributed by atoms with Gasteiger partial charge in [-0.15, -0.1) is 0 Å². The summed E-state index contributed by atoms with van der Waals surface area (Å²) in [6.07, 6.45) is 2.59. The molecule has 2 atom stereocenters. The van der Waals surface area contributed by atoms with Crippen molar-refractivity contribution < 1.29 is 14.7 Å². The molecule has 0 radical (unpaired) electrons. The van der Waals surface area contributed by atoms with E-state index in [1.54, 1.807) is 4.90 Å². The van der Waals surface area contributed by atoms with E-state index in [2.05, 4.69) is 10.2 Å². The zero-order valence-electron chi connectivity index (χ0n) is 10.3. The summed E-state index contributed by atoms with van der Waals surface area (Å²) in [4.78, 5) is 27.9. The van der Waals surface area contributed by atoms with Crippen molar-refractivity contribution in [2.75, 3.05) is 32.8 Å². The third-order valence-electron chi connectivity index (χ3n) is 4.06. The molecule has 3 fully saturated rings. The highest BCUT2D eigenvalue weighted by molar-refractivity contribution is 5.97. The summed E-state index contributed by atoms with van der Waals surface area (Å²) in [6.45, 7) is 2.80. The molecule has 2 amide bonds. The van der Waals surface area contributed by atoms with Gasteiger partial charge >= 0.3 is 0 Å². The van der Waals surface area contributed by atoms with Crippen molar-refractivity contribution in [2.24, 2.45) is 5.92 Å². The highest BCUT2D eigenvalue weighted by Gasteiger charge is 2.43. The topological polar surface area (TPSA) is 72.9 Å². The summed E-state index contributed by atoms with van der Waals surface area (Å²) in [5.41, 5.74) is 0. The van der Waals surface area contributed by atoms with Crippen LogP contribution in [0.4, 0.5) is 0 Å². The Hall–Kier alpha value is -1.14. The molecule has 0 spiro atoms. The lowest BCUT2D eigenvalue weighted by Gasteiger charge is -2.45. The summed E-state index contributed by atoms with van der Waals surface area (Å²) >= 11 is 0. The van der Waals surface area contributed by atoms with Crippen molar-refractivity contribution >= 4 is 11.8 Å². The molecule has 18 heavy (non-hydrogen) atoms. The maximum absolute atomic E-state index is 12.0. The van der Waals surface area contributed by atoms with Crippen LogP contribution in [0.1, 0.15) is 12.8 Å². The third kappa shape index (κ3) is 2.10. The number of aliphatic hydroxyl groups excluding tert-OH is 1. The van der Waals surface area contributed by atoms with Gasteiger partial charge in [-0.05, 0) is 18.8 Å². The first-order chi connectivity index (χ1) is 8.69. The fourth-order valence-electron chi connectivity index (χ4n) is 2.81. The summed E-state index contributed by atoms with van der Waals surface area (Å²) in [5.74, 6) is 0.520. The first-order valence-electron chi connectivity index (χ1n) is 6.63. The summed E-state index contributed by atoms with van der Waals surface area (Å²) in [5, 5.41) is 11.7. The molecule has 0 aromatic carbocycles. The van der Waals surface area contributed by atoms with Crippen LogP contribution in [0.3, 0.4) is 0 Å². The Kier molecular flexibility index (Phi) is 2.99. The molecule has 2 saturated heterocycles. The van der Waals surface area contributed by atoms with Gasteiger partial charge in [0.2, 0.25) is 11.8 Å². The van der Waals surface area contributed by atoms with E-state index in [0.29, 0.717) is 13.1 Å². The van der Waals surface area contributed by atoms with E-state index in [1.807, 2.05) is 0 Å². The van der Waals surface area contributed by atoms with Crippen LogP contribution >= 0.6 is 0 Å². The molecule has 0 aromatic rings. The van der Waals surface area contributed by atoms with Crippen LogP contribution in [0.2, 0.25) is 0 Å².